The largest absolute Gasteiger partial charge is 0.370 e. The highest BCUT2D eigenvalue weighted by molar-refractivity contribution is 6.00. The first-order valence-electron chi connectivity index (χ1n) is 4.54. The van der Waals surface area contributed by atoms with Gasteiger partial charge < -0.3 is 4.74 Å². The van der Waals surface area contributed by atoms with Crippen LogP contribution in [0.4, 0.5) is 0 Å². The minimum atomic E-state index is -0.429. The Balaban J connectivity index is 2.68. The Kier molecular flexibility index (Phi) is 3.63. The van der Waals surface area contributed by atoms with Gasteiger partial charge in [0.15, 0.2) is 5.78 Å². The fraction of sp³-hybridized carbons (Fsp3) is 0.333. The molecule has 0 unspecified atom stereocenters. The van der Waals surface area contributed by atoms with E-state index in [9.17, 15) is 4.79 Å². The van der Waals surface area contributed by atoms with Crippen LogP contribution in [0.25, 0.3) is 0 Å². The molecule has 0 fully saturated rings. The van der Waals surface area contributed by atoms with Crippen LogP contribution in [-0.2, 0) is 9.53 Å². The second-order valence-electron chi connectivity index (χ2n) is 3.18. The lowest BCUT2D eigenvalue weighted by atomic mass is 9.92. The van der Waals surface area contributed by atoms with Gasteiger partial charge in [0.05, 0.1) is 0 Å². The van der Waals surface area contributed by atoms with Crippen molar-refractivity contribution in [2.24, 2.45) is 0 Å². The molecule has 74 valence electrons. The van der Waals surface area contributed by atoms with Crippen LogP contribution in [0.2, 0.25) is 0 Å². The van der Waals surface area contributed by atoms with Gasteiger partial charge in [-0.05, 0) is 43.2 Å². The van der Waals surface area contributed by atoms with Crippen LogP contribution in [0.15, 0.2) is 42.7 Å². The molecule has 0 aromatic carbocycles. The van der Waals surface area contributed by atoms with Crippen molar-refractivity contribution in [3.63, 3.8) is 0 Å². The van der Waals surface area contributed by atoms with Gasteiger partial charge in [-0.1, -0.05) is 6.58 Å². The minimum Gasteiger partial charge on any atom is -0.370 e. The lowest BCUT2D eigenvalue weighted by Gasteiger charge is -2.26. The van der Waals surface area contributed by atoms with Crippen molar-refractivity contribution in [3.05, 3.63) is 42.7 Å². The standard InChI is InChI=1S/C12H14O2/c1-3-4-5-8-12(14-2)9-6-11(13)7-10-12/h4,6-7,9-10H,1,5,8H2,2H3. The van der Waals surface area contributed by atoms with E-state index in [4.69, 9.17) is 4.74 Å². The van der Waals surface area contributed by atoms with Crippen molar-refractivity contribution < 1.29 is 9.53 Å². The smallest absolute Gasteiger partial charge is 0.178 e. The second-order valence-corrected chi connectivity index (χ2v) is 3.18. The van der Waals surface area contributed by atoms with Gasteiger partial charge in [-0.25, -0.2) is 0 Å². The molecule has 0 aromatic heterocycles. The van der Waals surface area contributed by atoms with Gasteiger partial charge in [0.25, 0.3) is 0 Å². The highest BCUT2D eigenvalue weighted by Crippen LogP contribution is 2.24. The van der Waals surface area contributed by atoms with E-state index in [2.05, 4.69) is 12.3 Å². The van der Waals surface area contributed by atoms with Crippen LogP contribution in [0, 0.1) is 0 Å². The van der Waals surface area contributed by atoms with E-state index in [1.54, 1.807) is 31.4 Å². The number of ether oxygens (including phenoxy) is 1. The monoisotopic (exact) mass is 190 g/mol. The molecule has 0 saturated carbocycles. The number of rotatable bonds is 4. The Labute approximate surface area is 84.3 Å². The van der Waals surface area contributed by atoms with Gasteiger partial charge in [-0.15, -0.1) is 5.73 Å². The summed E-state index contributed by atoms with van der Waals surface area (Å²) in [6.45, 7) is 3.49. The number of hydrogen-bond donors (Lipinski definition) is 0. The summed E-state index contributed by atoms with van der Waals surface area (Å²) in [7, 11) is 1.64. The molecular weight excluding hydrogens is 176 g/mol. The van der Waals surface area contributed by atoms with Crippen LogP contribution in [0.5, 0.6) is 0 Å². The molecule has 0 radical (unpaired) electrons. The number of allylic oxidation sites excluding steroid dienone is 3. The first-order valence-corrected chi connectivity index (χ1v) is 4.54. The van der Waals surface area contributed by atoms with Gasteiger partial charge in [0, 0.05) is 7.11 Å². The molecule has 2 heteroatoms. The summed E-state index contributed by atoms with van der Waals surface area (Å²) in [5.41, 5.74) is 2.28. The van der Waals surface area contributed by atoms with Gasteiger partial charge in [-0.2, -0.15) is 0 Å². The molecule has 0 bridgehead atoms. The zero-order valence-corrected chi connectivity index (χ0v) is 8.32. The van der Waals surface area contributed by atoms with E-state index >= 15 is 0 Å². The van der Waals surface area contributed by atoms with E-state index in [-0.39, 0.29) is 5.78 Å². The fourth-order valence-corrected chi connectivity index (χ4v) is 1.36. The molecule has 14 heavy (non-hydrogen) atoms. The van der Waals surface area contributed by atoms with Crippen molar-refractivity contribution >= 4 is 5.78 Å². The maximum absolute atomic E-state index is 10.9. The van der Waals surface area contributed by atoms with Gasteiger partial charge in [0.1, 0.15) is 5.60 Å². The Hall–Kier alpha value is -1.37. The van der Waals surface area contributed by atoms with E-state index in [1.807, 2.05) is 6.08 Å². The van der Waals surface area contributed by atoms with Crippen LogP contribution in [0.3, 0.4) is 0 Å². The Bertz CT molecular complexity index is 301. The third-order valence-corrected chi connectivity index (χ3v) is 2.26. The van der Waals surface area contributed by atoms with Crippen LogP contribution < -0.4 is 0 Å². The Morgan fingerprint density at radius 2 is 2.21 bits per heavy atom. The van der Waals surface area contributed by atoms with E-state index in [0.717, 1.165) is 12.8 Å². The van der Waals surface area contributed by atoms with Gasteiger partial charge >= 0.3 is 0 Å². The molecule has 0 amide bonds. The van der Waals surface area contributed by atoms with Crippen LogP contribution >= 0.6 is 0 Å². The highest BCUT2D eigenvalue weighted by Gasteiger charge is 2.24. The quantitative estimate of drug-likeness (QED) is 0.635. The third-order valence-electron chi connectivity index (χ3n) is 2.26. The van der Waals surface area contributed by atoms with Gasteiger partial charge in [-0.3, -0.25) is 4.79 Å². The normalized spacial score (nSPS) is 17.9. The summed E-state index contributed by atoms with van der Waals surface area (Å²) in [5, 5.41) is 0. The molecule has 0 spiro atoms. The number of carbonyl (C=O) groups is 1. The minimum absolute atomic E-state index is 0.0111. The summed E-state index contributed by atoms with van der Waals surface area (Å²) in [6.07, 6.45) is 10.2. The van der Waals surface area contributed by atoms with Crippen LogP contribution in [0.1, 0.15) is 12.8 Å². The molecule has 0 aliphatic heterocycles. The zero-order valence-electron chi connectivity index (χ0n) is 8.32. The average Bonchev–Trinajstić information content (AvgIpc) is 2.22. The number of methoxy groups -OCH3 is 1. The molecule has 2 nitrogen and oxygen atoms in total. The highest BCUT2D eigenvalue weighted by atomic mass is 16.5. The first kappa shape index (κ1) is 10.7. The van der Waals surface area contributed by atoms with Crippen molar-refractivity contribution in [3.8, 4) is 0 Å². The van der Waals surface area contributed by atoms with Crippen molar-refractivity contribution in [1.29, 1.82) is 0 Å². The van der Waals surface area contributed by atoms with E-state index in [1.165, 1.54) is 0 Å². The van der Waals surface area contributed by atoms with Crippen molar-refractivity contribution in [2.45, 2.75) is 18.4 Å². The lowest BCUT2D eigenvalue weighted by Crippen LogP contribution is -2.28. The van der Waals surface area contributed by atoms with Crippen LogP contribution in [-0.4, -0.2) is 18.5 Å². The average molecular weight is 190 g/mol. The summed E-state index contributed by atoms with van der Waals surface area (Å²) in [6, 6.07) is 0. The summed E-state index contributed by atoms with van der Waals surface area (Å²) in [5.74, 6) is 0.0111. The lowest BCUT2D eigenvalue weighted by molar-refractivity contribution is -0.110. The van der Waals surface area contributed by atoms with E-state index < -0.39 is 5.60 Å². The van der Waals surface area contributed by atoms with Crippen molar-refractivity contribution in [2.75, 3.05) is 7.11 Å². The number of carbonyl (C=O) groups excluding carboxylic acids is 1. The second kappa shape index (κ2) is 4.75. The van der Waals surface area contributed by atoms with Gasteiger partial charge in [0.2, 0.25) is 0 Å². The third kappa shape index (κ3) is 2.56. The maximum atomic E-state index is 10.9. The predicted molar refractivity (Wildman–Crippen MR) is 56.0 cm³/mol. The molecule has 0 heterocycles. The summed E-state index contributed by atoms with van der Waals surface area (Å²) < 4.78 is 5.38. The maximum Gasteiger partial charge on any atom is 0.178 e. The predicted octanol–water partition coefficient (Wildman–Crippen LogP) is 2.19. The Morgan fingerprint density at radius 1 is 1.57 bits per heavy atom. The Morgan fingerprint density at radius 3 is 2.71 bits per heavy atom. The molecule has 1 aliphatic carbocycles. The molecular formula is C12H14O2. The zero-order chi connectivity index (χ0) is 10.4. The number of ketones is 1. The molecule has 0 atom stereocenters. The SMILES string of the molecule is C=C=CCCC1(OC)C=CC(=O)C=C1. The van der Waals surface area contributed by atoms with E-state index in [0.29, 0.717) is 0 Å². The summed E-state index contributed by atoms with van der Waals surface area (Å²) in [4.78, 5) is 10.9. The molecule has 1 rings (SSSR count). The first-order chi connectivity index (χ1) is 6.72. The summed E-state index contributed by atoms with van der Waals surface area (Å²) >= 11 is 0. The topological polar surface area (TPSA) is 26.3 Å². The molecule has 1 aliphatic rings. The number of hydrogen-bond acceptors (Lipinski definition) is 2. The fourth-order valence-electron chi connectivity index (χ4n) is 1.36. The molecule has 0 saturated heterocycles. The molecule has 0 aromatic rings. The molecule has 0 N–H and O–H groups in total. The van der Waals surface area contributed by atoms with Crippen molar-refractivity contribution in [1.82, 2.24) is 0 Å².